The van der Waals surface area contributed by atoms with E-state index in [9.17, 15) is 23.9 Å². The number of carboxylic acid groups (broad SMARTS) is 1. The molecule has 0 atom stereocenters. The van der Waals surface area contributed by atoms with Crippen LogP contribution in [-0.2, 0) is 13.2 Å². The second kappa shape index (κ2) is 10.5. The number of aryl methyl sites for hydroxylation is 2. The van der Waals surface area contributed by atoms with Crippen LogP contribution in [0.4, 0.5) is 9.18 Å². The van der Waals surface area contributed by atoms with E-state index in [1.54, 1.807) is 19.1 Å². The molecule has 10 heteroatoms. The average molecular weight is 558 g/mol. The molecule has 3 aromatic rings. The molecule has 36 heavy (non-hydrogen) atoms. The number of amides is 2. The van der Waals surface area contributed by atoms with Gasteiger partial charge >= 0.3 is 12.0 Å². The number of pyridine rings is 1. The molecule has 0 radical (unpaired) electrons. The van der Waals surface area contributed by atoms with Crippen LogP contribution in [0.15, 0.2) is 45.7 Å². The number of carbonyl (C=O) groups is 2. The zero-order valence-corrected chi connectivity index (χ0v) is 21.3. The predicted octanol–water partition coefficient (Wildman–Crippen LogP) is 4.80. The van der Waals surface area contributed by atoms with Crippen LogP contribution in [-0.4, -0.2) is 28.1 Å². The van der Waals surface area contributed by atoms with Crippen LogP contribution in [0.5, 0.6) is 5.75 Å². The Labute approximate surface area is 215 Å². The highest BCUT2D eigenvalue weighted by Crippen LogP contribution is 2.39. The van der Waals surface area contributed by atoms with Crippen molar-refractivity contribution >= 4 is 27.9 Å². The van der Waals surface area contributed by atoms with Crippen LogP contribution in [0.1, 0.15) is 45.6 Å². The standard InChI is InChI=1S/C26H25BrFN3O5/c1-13-3-4-15(25(33)34)10-20(13)21-14(2)30-24(32)22(27)23(21)36-12-16-5-6-18(28)9-17(16)11-29-26(35)31-19-7-8-19/h3-6,9-10,19H,7-8,11-12H2,1-2H3,(H,30,32)(H,33,34)(H2,29,31,35). The minimum absolute atomic E-state index is 0.0201. The summed E-state index contributed by atoms with van der Waals surface area (Å²) in [4.78, 5) is 38.9. The van der Waals surface area contributed by atoms with Gasteiger partial charge in [-0.15, -0.1) is 0 Å². The molecule has 0 bridgehead atoms. The Morgan fingerprint density at radius 3 is 2.61 bits per heavy atom. The van der Waals surface area contributed by atoms with Crippen molar-refractivity contribution in [2.24, 2.45) is 0 Å². The number of carboxylic acids is 1. The van der Waals surface area contributed by atoms with Gasteiger partial charge in [0.05, 0.1) is 5.56 Å². The maximum absolute atomic E-state index is 14.0. The summed E-state index contributed by atoms with van der Waals surface area (Å²) >= 11 is 3.31. The Kier molecular flexibility index (Phi) is 7.44. The summed E-state index contributed by atoms with van der Waals surface area (Å²) in [5, 5.41) is 15.0. The maximum Gasteiger partial charge on any atom is 0.335 e. The molecular formula is C26H25BrFN3O5. The average Bonchev–Trinajstić information content (AvgIpc) is 3.64. The van der Waals surface area contributed by atoms with Crippen molar-refractivity contribution in [3.63, 3.8) is 0 Å². The third kappa shape index (κ3) is 5.76. The number of aromatic carboxylic acids is 1. The molecular weight excluding hydrogens is 533 g/mol. The molecule has 8 nitrogen and oxygen atoms in total. The van der Waals surface area contributed by atoms with Crippen LogP contribution >= 0.6 is 15.9 Å². The lowest BCUT2D eigenvalue weighted by atomic mass is 9.96. The summed E-state index contributed by atoms with van der Waals surface area (Å²) in [5.74, 6) is -1.29. The van der Waals surface area contributed by atoms with Crippen LogP contribution in [0.2, 0.25) is 0 Å². The number of hydrogen-bond acceptors (Lipinski definition) is 4. The van der Waals surface area contributed by atoms with E-state index in [2.05, 4.69) is 31.5 Å². The number of rotatable bonds is 8. The quantitative estimate of drug-likeness (QED) is 0.317. The molecule has 188 valence electrons. The van der Waals surface area contributed by atoms with E-state index >= 15 is 0 Å². The Bertz CT molecular complexity index is 1400. The van der Waals surface area contributed by atoms with Gasteiger partial charge in [-0.05, 0) is 89.1 Å². The van der Waals surface area contributed by atoms with Crippen LogP contribution in [0.3, 0.4) is 0 Å². The molecule has 1 aliphatic rings. The summed E-state index contributed by atoms with van der Waals surface area (Å²) in [6.45, 7) is 3.61. The maximum atomic E-state index is 14.0. The van der Waals surface area contributed by atoms with E-state index in [1.807, 2.05) is 6.92 Å². The van der Waals surface area contributed by atoms with Gasteiger partial charge in [0.2, 0.25) is 0 Å². The van der Waals surface area contributed by atoms with Gasteiger partial charge in [0.1, 0.15) is 22.6 Å². The SMILES string of the molecule is Cc1ccc(C(=O)O)cc1-c1c(C)[nH]c(=O)c(Br)c1OCc1ccc(F)cc1CNC(=O)NC1CC1. The second-order valence-corrected chi connectivity index (χ2v) is 9.53. The summed E-state index contributed by atoms with van der Waals surface area (Å²) < 4.78 is 20.3. The molecule has 4 rings (SSSR count). The minimum atomic E-state index is -1.07. The highest BCUT2D eigenvalue weighted by Gasteiger charge is 2.23. The molecule has 2 aromatic carbocycles. The molecule has 0 unspecified atom stereocenters. The highest BCUT2D eigenvalue weighted by molar-refractivity contribution is 9.10. The smallest absolute Gasteiger partial charge is 0.335 e. The molecule has 2 amide bonds. The molecule has 1 aromatic heterocycles. The van der Waals surface area contributed by atoms with Crippen molar-refractivity contribution in [1.82, 2.24) is 15.6 Å². The number of aromatic amines is 1. The van der Waals surface area contributed by atoms with Gasteiger partial charge < -0.3 is 25.5 Å². The first-order valence-electron chi connectivity index (χ1n) is 11.3. The Balaban J connectivity index is 1.66. The van der Waals surface area contributed by atoms with Crippen LogP contribution < -0.4 is 20.9 Å². The number of nitrogens with one attached hydrogen (secondary N) is 3. The number of hydrogen-bond donors (Lipinski definition) is 4. The Morgan fingerprint density at radius 2 is 1.92 bits per heavy atom. The largest absolute Gasteiger partial charge is 0.487 e. The summed E-state index contributed by atoms with van der Waals surface area (Å²) in [7, 11) is 0. The van der Waals surface area contributed by atoms with Gasteiger partial charge in [-0.1, -0.05) is 12.1 Å². The molecule has 1 fully saturated rings. The van der Waals surface area contributed by atoms with Gasteiger partial charge in [-0.25, -0.2) is 14.0 Å². The number of ether oxygens (including phenoxy) is 1. The normalized spacial score (nSPS) is 12.8. The molecule has 1 saturated carbocycles. The molecule has 1 aliphatic carbocycles. The van der Waals surface area contributed by atoms with E-state index in [4.69, 9.17) is 4.74 Å². The lowest BCUT2D eigenvalue weighted by Gasteiger charge is -2.19. The fourth-order valence-electron chi connectivity index (χ4n) is 3.84. The predicted molar refractivity (Wildman–Crippen MR) is 136 cm³/mol. The van der Waals surface area contributed by atoms with Crippen molar-refractivity contribution < 1.29 is 23.8 Å². The fourth-order valence-corrected chi connectivity index (χ4v) is 4.26. The van der Waals surface area contributed by atoms with Gasteiger partial charge in [-0.3, -0.25) is 4.79 Å². The number of H-pyrrole nitrogens is 1. The number of aromatic nitrogens is 1. The van der Waals surface area contributed by atoms with Gasteiger partial charge in [0.25, 0.3) is 5.56 Å². The zero-order valence-electron chi connectivity index (χ0n) is 19.7. The van der Waals surface area contributed by atoms with E-state index in [0.29, 0.717) is 27.9 Å². The summed E-state index contributed by atoms with van der Waals surface area (Å²) in [5.41, 5.74) is 3.27. The highest BCUT2D eigenvalue weighted by atomic mass is 79.9. The van der Waals surface area contributed by atoms with Crippen molar-refractivity contribution in [3.8, 4) is 16.9 Å². The minimum Gasteiger partial charge on any atom is -0.487 e. The van der Waals surface area contributed by atoms with E-state index in [1.165, 1.54) is 24.3 Å². The monoisotopic (exact) mass is 557 g/mol. The van der Waals surface area contributed by atoms with Crippen LogP contribution in [0, 0.1) is 19.7 Å². The first-order chi connectivity index (χ1) is 17.1. The van der Waals surface area contributed by atoms with Gasteiger partial charge in [0.15, 0.2) is 0 Å². The van der Waals surface area contributed by atoms with Crippen molar-refractivity contribution in [2.75, 3.05) is 0 Å². The lowest BCUT2D eigenvalue weighted by Crippen LogP contribution is -2.36. The number of urea groups is 1. The first-order valence-corrected chi connectivity index (χ1v) is 12.1. The number of benzene rings is 2. The molecule has 0 saturated heterocycles. The summed E-state index contributed by atoms with van der Waals surface area (Å²) in [6.07, 6.45) is 1.91. The van der Waals surface area contributed by atoms with Crippen LogP contribution in [0.25, 0.3) is 11.1 Å². The number of halogens is 2. The van der Waals surface area contributed by atoms with Crippen molar-refractivity contribution in [2.45, 2.75) is 45.9 Å². The lowest BCUT2D eigenvalue weighted by molar-refractivity contribution is 0.0697. The van der Waals surface area contributed by atoms with E-state index < -0.39 is 17.3 Å². The zero-order chi connectivity index (χ0) is 26.0. The Morgan fingerprint density at radius 1 is 1.17 bits per heavy atom. The third-order valence-electron chi connectivity index (χ3n) is 5.95. The molecule has 1 heterocycles. The summed E-state index contributed by atoms with van der Waals surface area (Å²) in [6, 6.07) is 8.79. The van der Waals surface area contributed by atoms with Crippen molar-refractivity contribution in [3.05, 3.63) is 85.0 Å². The second-order valence-electron chi connectivity index (χ2n) is 8.74. The third-order valence-corrected chi connectivity index (χ3v) is 6.67. The van der Waals surface area contributed by atoms with Gasteiger partial charge in [-0.2, -0.15) is 0 Å². The topological polar surface area (TPSA) is 121 Å². The molecule has 0 aliphatic heterocycles. The first kappa shape index (κ1) is 25.4. The van der Waals surface area contributed by atoms with Gasteiger partial charge in [0, 0.05) is 23.8 Å². The number of carbonyl (C=O) groups excluding carboxylic acids is 1. The molecule has 0 spiro atoms. The van der Waals surface area contributed by atoms with E-state index in [0.717, 1.165) is 18.4 Å². The molecule has 4 N–H and O–H groups in total. The Hall–Kier alpha value is -3.66. The van der Waals surface area contributed by atoms with Crippen molar-refractivity contribution in [1.29, 1.82) is 0 Å². The van der Waals surface area contributed by atoms with E-state index in [-0.39, 0.29) is 41.0 Å². The fraction of sp³-hybridized carbons (Fsp3) is 0.269.